The number of unbranched alkanes of at least 4 members (excludes halogenated alkanes) is 1. The Labute approximate surface area is 325 Å². The molecule has 2 unspecified atom stereocenters. The molecular weight excluding hydrogens is 744 g/mol. The van der Waals surface area contributed by atoms with Gasteiger partial charge in [0.25, 0.3) is 17.4 Å². The first kappa shape index (κ1) is 44.2. The van der Waals surface area contributed by atoms with Crippen LogP contribution < -0.4 is 11.2 Å². The molecule has 2 aliphatic heterocycles. The topological polar surface area (TPSA) is 176 Å². The highest BCUT2D eigenvalue weighted by molar-refractivity contribution is 7.50. The number of benzene rings is 1. The van der Waals surface area contributed by atoms with Crippen LogP contribution in [0.5, 0.6) is 0 Å². The predicted octanol–water partition coefficient (Wildman–Crippen LogP) is 4.72. The molecule has 4 rings (SSSR count). The molecule has 0 bridgehead atoms. The van der Waals surface area contributed by atoms with E-state index in [0.717, 1.165) is 4.90 Å². The number of imide groups is 1. The molecule has 2 aliphatic rings. The van der Waals surface area contributed by atoms with Crippen LogP contribution >= 0.6 is 8.30 Å². The number of aromatic nitrogens is 2. The molecule has 55 heavy (non-hydrogen) atoms. The van der Waals surface area contributed by atoms with Crippen molar-refractivity contribution in [2.45, 2.75) is 116 Å². The molecule has 1 aromatic heterocycles. The molecule has 0 radical (unpaired) electrons. The van der Waals surface area contributed by atoms with Crippen LogP contribution in [-0.2, 0) is 23.2 Å². The van der Waals surface area contributed by atoms with Crippen molar-refractivity contribution in [2.24, 2.45) is 0 Å². The summed E-state index contributed by atoms with van der Waals surface area (Å²) in [5.41, 5.74) is -0.642. The summed E-state index contributed by atoms with van der Waals surface area (Å²) in [6.45, 7) is 18.9. The number of fused-ring (bicyclic) bond motifs is 1. The van der Waals surface area contributed by atoms with Gasteiger partial charge in [0, 0.05) is 50.5 Å². The molecule has 3 amide bonds. The van der Waals surface area contributed by atoms with Gasteiger partial charge in [0.15, 0.2) is 14.5 Å². The highest BCUT2D eigenvalue weighted by Gasteiger charge is 2.53. The van der Waals surface area contributed by atoms with Crippen molar-refractivity contribution in [1.82, 2.24) is 24.0 Å². The van der Waals surface area contributed by atoms with Crippen LogP contribution in [-0.4, -0.2) is 120 Å². The Hall–Kier alpha value is -3.55. The number of hydrogen-bond donors (Lipinski definition) is 1. The second-order valence-corrected chi connectivity index (χ2v) is 22.6. The Morgan fingerprint density at radius 3 is 2.20 bits per heavy atom. The van der Waals surface area contributed by atoms with Crippen LogP contribution in [0.25, 0.3) is 0 Å². The molecule has 0 spiro atoms. The second kappa shape index (κ2) is 18.6. The van der Waals surface area contributed by atoms with Crippen molar-refractivity contribution in [3.05, 3.63) is 68.5 Å². The molecule has 1 N–H and O–H groups in total. The van der Waals surface area contributed by atoms with E-state index in [2.05, 4.69) is 77.3 Å². The Bertz CT molecular complexity index is 1790. The number of aromatic amines is 1. The van der Waals surface area contributed by atoms with Gasteiger partial charge in [-0.2, -0.15) is 5.26 Å². The number of nitrogens with zero attached hydrogens (tertiary/aromatic N) is 5. The number of H-pyrrole nitrogens is 1. The lowest BCUT2D eigenvalue weighted by Crippen LogP contribution is -2.50. The van der Waals surface area contributed by atoms with E-state index in [1.54, 1.807) is 31.3 Å². The van der Waals surface area contributed by atoms with Gasteiger partial charge in [0.1, 0.15) is 33.2 Å². The van der Waals surface area contributed by atoms with Crippen LogP contribution in [0.15, 0.2) is 46.1 Å². The molecule has 17 heteroatoms. The zero-order chi connectivity index (χ0) is 40.8. The number of nitrogens with one attached hydrogen (secondary N) is 1. The van der Waals surface area contributed by atoms with Crippen molar-refractivity contribution < 1.29 is 32.8 Å². The number of amides is 3. The Morgan fingerprint density at radius 1 is 1.04 bits per heavy atom. The second-order valence-electron chi connectivity index (χ2n) is 16.0. The fourth-order valence-electron chi connectivity index (χ4n) is 6.40. The molecule has 1 fully saturated rings. The number of rotatable bonds is 18. The lowest BCUT2D eigenvalue weighted by molar-refractivity contribution is -0.131. The van der Waals surface area contributed by atoms with Gasteiger partial charge in [-0.25, -0.2) is 4.79 Å². The average Bonchev–Trinajstić information content (AvgIpc) is 3.54. The molecule has 3 heterocycles. The molecule has 15 nitrogen and oxygen atoms in total. The lowest BCUT2D eigenvalue weighted by atomic mass is 10.1. The SMILES string of the molecule is CC(C)N(C(C)C)P(CCCC#N)OC1[C@@H](COCCN(C)C(=O)CN2C(=O)c3ccccc3C2=O)O[C@@H](n2ccc(=O)[nH]c2=O)[C@H]1O[Si](C)(C)C(C)(C)C. The molecule has 0 saturated carbocycles. The fraction of sp³-hybridized carbons (Fsp3) is 0.632. The van der Waals surface area contributed by atoms with Gasteiger partial charge in [-0.3, -0.25) is 38.3 Å². The van der Waals surface area contributed by atoms with Gasteiger partial charge < -0.3 is 23.3 Å². The first-order valence-electron chi connectivity index (χ1n) is 18.8. The minimum absolute atomic E-state index is 0.0157. The molecule has 2 aromatic rings. The Balaban J connectivity index is 1.59. The van der Waals surface area contributed by atoms with E-state index in [1.165, 1.54) is 21.7 Å². The predicted molar refractivity (Wildman–Crippen MR) is 211 cm³/mol. The third-order valence-corrected chi connectivity index (χ3v) is 17.4. The number of carbonyl (C=O) groups excluding carboxylic acids is 3. The van der Waals surface area contributed by atoms with E-state index in [1.807, 2.05) is 0 Å². The van der Waals surface area contributed by atoms with E-state index in [0.29, 0.717) is 19.0 Å². The number of hydrogen-bond acceptors (Lipinski definition) is 11. The molecule has 302 valence electrons. The maximum absolute atomic E-state index is 13.3. The highest BCUT2D eigenvalue weighted by atomic mass is 31.2. The largest absolute Gasteiger partial charge is 0.407 e. The van der Waals surface area contributed by atoms with Crippen LogP contribution in [0.2, 0.25) is 18.1 Å². The van der Waals surface area contributed by atoms with Crippen LogP contribution in [0, 0.1) is 11.3 Å². The van der Waals surface area contributed by atoms with Gasteiger partial charge in [0.05, 0.1) is 30.4 Å². The summed E-state index contributed by atoms with van der Waals surface area (Å²) < 4.78 is 30.6. The summed E-state index contributed by atoms with van der Waals surface area (Å²) in [6, 6.07) is 10.2. The van der Waals surface area contributed by atoms with Crippen LogP contribution in [0.1, 0.15) is 88.3 Å². The van der Waals surface area contributed by atoms with Crippen molar-refractivity contribution in [2.75, 3.05) is 39.5 Å². The summed E-state index contributed by atoms with van der Waals surface area (Å²) in [5.74, 6) is -1.44. The summed E-state index contributed by atoms with van der Waals surface area (Å²) in [5, 5.41) is 9.16. The Kier molecular flexibility index (Phi) is 14.9. The minimum Gasteiger partial charge on any atom is -0.407 e. The molecule has 0 aliphatic carbocycles. The summed E-state index contributed by atoms with van der Waals surface area (Å²) >= 11 is 0. The van der Waals surface area contributed by atoms with Gasteiger partial charge in [-0.15, -0.1) is 0 Å². The zero-order valence-electron chi connectivity index (χ0n) is 33.7. The minimum atomic E-state index is -2.54. The van der Waals surface area contributed by atoms with Crippen molar-refractivity contribution >= 4 is 34.3 Å². The quantitative estimate of drug-likeness (QED) is 0.0956. The van der Waals surface area contributed by atoms with Gasteiger partial charge in [-0.05, 0) is 64.4 Å². The van der Waals surface area contributed by atoms with Crippen LogP contribution in [0.3, 0.4) is 0 Å². The third-order valence-electron chi connectivity index (χ3n) is 10.3. The fourth-order valence-corrected chi connectivity index (χ4v) is 10.1. The highest BCUT2D eigenvalue weighted by Crippen LogP contribution is 2.51. The first-order valence-corrected chi connectivity index (χ1v) is 23.1. The zero-order valence-corrected chi connectivity index (χ0v) is 35.6. The molecule has 5 atom stereocenters. The van der Waals surface area contributed by atoms with Gasteiger partial charge in [-0.1, -0.05) is 32.9 Å². The van der Waals surface area contributed by atoms with Crippen molar-refractivity contribution in [3.8, 4) is 6.07 Å². The van der Waals surface area contributed by atoms with E-state index >= 15 is 0 Å². The van der Waals surface area contributed by atoms with Gasteiger partial charge >= 0.3 is 5.69 Å². The van der Waals surface area contributed by atoms with Crippen molar-refractivity contribution in [3.63, 3.8) is 0 Å². The summed E-state index contributed by atoms with van der Waals surface area (Å²) in [4.78, 5) is 68.8. The third kappa shape index (κ3) is 10.4. The lowest BCUT2D eigenvalue weighted by Gasteiger charge is -2.43. The number of carbonyl (C=O) groups is 3. The van der Waals surface area contributed by atoms with Gasteiger partial charge in [0.2, 0.25) is 5.91 Å². The van der Waals surface area contributed by atoms with E-state index in [9.17, 15) is 29.2 Å². The van der Waals surface area contributed by atoms with E-state index in [4.69, 9.17) is 18.4 Å². The first-order chi connectivity index (χ1) is 25.8. The monoisotopic (exact) mass is 800 g/mol. The van der Waals surface area contributed by atoms with E-state index in [-0.39, 0.29) is 48.0 Å². The normalized spacial score (nSPS) is 20.8. The van der Waals surface area contributed by atoms with E-state index < -0.39 is 76.7 Å². The molecule has 1 aromatic carbocycles. The number of ether oxygens (including phenoxy) is 2. The molecule has 1 saturated heterocycles. The summed E-state index contributed by atoms with van der Waals surface area (Å²) in [6.07, 6.45) is -0.178. The number of nitriles is 1. The summed E-state index contributed by atoms with van der Waals surface area (Å²) in [7, 11) is -2.26. The maximum atomic E-state index is 13.3. The number of likely N-dealkylation sites (N-methyl/N-ethyl adjacent to an activating group) is 1. The van der Waals surface area contributed by atoms with Crippen molar-refractivity contribution in [1.29, 1.82) is 5.26 Å². The molecular formula is C38H57N6O9PSi. The standard InChI is InChI=1S/C38H57N6O9PSi/c1-25(2)44(26(3)4)54(22-14-13-18-39)52-32-29(51-36(42-19-17-30(45)40-37(42)49)33(32)53-55(9,10)38(5,6)7)24-50-21-20-41(8)31(46)23-43-34(47)27-15-11-12-16-28(27)35(43)48/h11-12,15-17,19,25-26,29,32-33,36H,13-14,20-24H2,1-10H3,(H,40,45,49)/t29-,32?,33+,36-,54?/m1/s1. The smallest absolute Gasteiger partial charge is 0.330 e. The Morgan fingerprint density at radius 2 is 1.65 bits per heavy atom. The average molecular weight is 801 g/mol. The van der Waals surface area contributed by atoms with Crippen LogP contribution in [0.4, 0.5) is 0 Å². The maximum Gasteiger partial charge on any atom is 0.330 e.